The molecule has 2 aromatic rings. The van der Waals surface area contributed by atoms with Crippen LogP contribution in [0.3, 0.4) is 0 Å². The molecule has 0 bridgehead atoms. The molecule has 0 radical (unpaired) electrons. The molecule has 0 aliphatic rings. The Hall–Kier alpha value is -2.61. The molecule has 0 amide bonds. The van der Waals surface area contributed by atoms with Crippen molar-refractivity contribution in [3.8, 4) is 11.8 Å². The molecule has 0 fully saturated rings. The number of nitrogens with zero attached hydrogens (tertiary/aromatic N) is 2. The van der Waals surface area contributed by atoms with E-state index in [1.165, 1.54) is 6.07 Å². The van der Waals surface area contributed by atoms with Crippen molar-refractivity contribution in [2.75, 3.05) is 0 Å². The highest BCUT2D eigenvalue weighted by Gasteiger charge is 2.18. The minimum Gasteiger partial charge on any atom is -0.506 e. The topological polar surface area (TPSA) is 94.2 Å². The van der Waals surface area contributed by atoms with Gasteiger partial charge in [0.05, 0.1) is 6.07 Å². The lowest BCUT2D eigenvalue weighted by atomic mass is 9.97. The molecule has 2 rings (SSSR count). The lowest BCUT2D eigenvalue weighted by Gasteiger charge is -2.08. The predicted molar refractivity (Wildman–Crippen MR) is 63.9 cm³/mol. The fourth-order valence-electron chi connectivity index (χ4n) is 1.80. The minimum atomic E-state index is -1.15. The van der Waals surface area contributed by atoms with E-state index in [9.17, 15) is 9.90 Å². The van der Waals surface area contributed by atoms with Crippen LogP contribution in [0.25, 0.3) is 10.9 Å². The summed E-state index contributed by atoms with van der Waals surface area (Å²) in [6.45, 7) is 0. The van der Waals surface area contributed by atoms with Crippen molar-refractivity contribution in [3.05, 3.63) is 36.0 Å². The summed E-state index contributed by atoms with van der Waals surface area (Å²) in [7, 11) is 0. The van der Waals surface area contributed by atoms with Gasteiger partial charge >= 0.3 is 5.97 Å². The molecular weight excluding hydrogens is 232 g/mol. The maximum absolute atomic E-state index is 10.9. The fraction of sp³-hybridized carbons (Fsp3) is 0.154. The second-order valence-corrected chi connectivity index (χ2v) is 3.87. The number of carboxylic acids is 1. The summed E-state index contributed by atoms with van der Waals surface area (Å²) in [5.74, 6) is -2.21. The third-order valence-electron chi connectivity index (χ3n) is 2.72. The van der Waals surface area contributed by atoms with Gasteiger partial charge in [0.15, 0.2) is 0 Å². The number of carboxylic acid groups (broad SMARTS) is 1. The summed E-state index contributed by atoms with van der Waals surface area (Å²) >= 11 is 0. The first kappa shape index (κ1) is 11.9. The molecule has 1 aromatic carbocycles. The lowest BCUT2D eigenvalue weighted by Crippen LogP contribution is -2.14. The Balaban J connectivity index is 2.50. The van der Waals surface area contributed by atoms with E-state index >= 15 is 0 Å². The van der Waals surface area contributed by atoms with Gasteiger partial charge in [0.1, 0.15) is 17.2 Å². The number of carbonyl (C=O) groups is 1. The maximum Gasteiger partial charge on any atom is 0.321 e. The number of phenolic OH excluding ortho intramolecular Hbond substituents is 1. The number of benzene rings is 1. The summed E-state index contributed by atoms with van der Waals surface area (Å²) in [6.07, 6.45) is 1.64. The van der Waals surface area contributed by atoms with Gasteiger partial charge < -0.3 is 10.2 Å². The Labute approximate surface area is 103 Å². The highest BCUT2D eigenvalue weighted by atomic mass is 16.4. The molecule has 0 aliphatic heterocycles. The van der Waals surface area contributed by atoms with E-state index in [-0.39, 0.29) is 12.2 Å². The number of phenols is 1. The molecule has 1 unspecified atom stereocenters. The first-order valence-corrected chi connectivity index (χ1v) is 5.31. The van der Waals surface area contributed by atoms with Crippen LogP contribution >= 0.6 is 0 Å². The van der Waals surface area contributed by atoms with Crippen LogP contribution in [0.2, 0.25) is 0 Å². The van der Waals surface area contributed by atoms with Crippen LogP contribution in [-0.4, -0.2) is 21.2 Å². The lowest BCUT2D eigenvalue weighted by molar-refractivity contribution is -0.139. The fourth-order valence-corrected chi connectivity index (χ4v) is 1.80. The van der Waals surface area contributed by atoms with Crippen LogP contribution in [0.15, 0.2) is 30.5 Å². The summed E-state index contributed by atoms with van der Waals surface area (Å²) in [4.78, 5) is 14.9. The third-order valence-corrected chi connectivity index (χ3v) is 2.72. The van der Waals surface area contributed by atoms with E-state index in [1.807, 2.05) is 0 Å². The number of hydrogen-bond acceptors (Lipinski definition) is 4. The molecular formula is C13H10N2O3. The van der Waals surface area contributed by atoms with Crippen LogP contribution in [0.5, 0.6) is 5.75 Å². The SMILES string of the molecule is N#CC(Cc1ccc(O)c2ncccc12)C(=O)O. The minimum absolute atomic E-state index is 0.0400. The average Bonchev–Trinajstić information content (AvgIpc) is 2.38. The summed E-state index contributed by atoms with van der Waals surface area (Å²) in [6, 6.07) is 8.27. The van der Waals surface area contributed by atoms with Crippen molar-refractivity contribution in [2.45, 2.75) is 6.42 Å². The summed E-state index contributed by atoms with van der Waals surface area (Å²) < 4.78 is 0. The zero-order chi connectivity index (χ0) is 13.1. The number of nitriles is 1. The Kier molecular flexibility index (Phi) is 3.11. The quantitative estimate of drug-likeness (QED) is 0.854. The van der Waals surface area contributed by atoms with Crippen molar-refractivity contribution < 1.29 is 15.0 Å². The molecule has 1 atom stereocenters. The van der Waals surface area contributed by atoms with Crippen LogP contribution in [0.1, 0.15) is 5.56 Å². The third kappa shape index (κ3) is 2.09. The van der Waals surface area contributed by atoms with E-state index < -0.39 is 11.9 Å². The monoisotopic (exact) mass is 242 g/mol. The van der Waals surface area contributed by atoms with Gasteiger partial charge in [-0.15, -0.1) is 0 Å². The van der Waals surface area contributed by atoms with Gasteiger partial charge in [0.25, 0.3) is 0 Å². The van der Waals surface area contributed by atoms with Crippen molar-refractivity contribution >= 4 is 16.9 Å². The van der Waals surface area contributed by atoms with Crippen molar-refractivity contribution in [1.82, 2.24) is 4.98 Å². The molecule has 2 N–H and O–H groups in total. The normalized spacial score (nSPS) is 11.9. The van der Waals surface area contributed by atoms with Crippen molar-refractivity contribution in [1.29, 1.82) is 5.26 Å². The molecule has 1 heterocycles. The van der Waals surface area contributed by atoms with Crippen LogP contribution in [0.4, 0.5) is 0 Å². The zero-order valence-corrected chi connectivity index (χ0v) is 9.37. The van der Waals surface area contributed by atoms with Crippen LogP contribution < -0.4 is 0 Å². The van der Waals surface area contributed by atoms with Gasteiger partial charge in [-0.25, -0.2) is 0 Å². The Morgan fingerprint density at radius 1 is 1.44 bits per heavy atom. The highest BCUT2D eigenvalue weighted by Crippen LogP contribution is 2.26. The smallest absolute Gasteiger partial charge is 0.321 e. The molecule has 18 heavy (non-hydrogen) atoms. The largest absolute Gasteiger partial charge is 0.506 e. The number of fused-ring (bicyclic) bond motifs is 1. The van der Waals surface area contributed by atoms with Gasteiger partial charge in [-0.05, 0) is 24.1 Å². The molecule has 5 heteroatoms. The first-order chi connectivity index (χ1) is 8.63. The standard InChI is InChI=1S/C13H10N2O3/c14-7-9(13(17)18)6-8-3-4-11(16)12-10(8)2-1-5-15-12/h1-5,9,16H,6H2,(H,17,18). The number of pyridine rings is 1. The van der Waals surface area contributed by atoms with E-state index in [4.69, 9.17) is 10.4 Å². The molecule has 90 valence electrons. The molecule has 0 saturated heterocycles. The van der Waals surface area contributed by atoms with Crippen LogP contribution in [-0.2, 0) is 11.2 Å². The molecule has 0 spiro atoms. The highest BCUT2D eigenvalue weighted by molar-refractivity contribution is 5.87. The van der Waals surface area contributed by atoms with E-state index in [2.05, 4.69) is 4.98 Å². The number of aliphatic carboxylic acids is 1. The number of hydrogen-bond donors (Lipinski definition) is 2. The van der Waals surface area contributed by atoms with Gasteiger partial charge in [-0.2, -0.15) is 5.26 Å². The van der Waals surface area contributed by atoms with Crippen molar-refractivity contribution in [3.63, 3.8) is 0 Å². The second kappa shape index (κ2) is 4.72. The van der Waals surface area contributed by atoms with Gasteiger partial charge in [-0.3, -0.25) is 9.78 Å². The second-order valence-electron chi connectivity index (χ2n) is 3.87. The maximum atomic E-state index is 10.9. The van der Waals surface area contributed by atoms with Gasteiger partial charge in [0.2, 0.25) is 0 Å². The Morgan fingerprint density at radius 3 is 2.89 bits per heavy atom. The van der Waals surface area contributed by atoms with Crippen molar-refractivity contribution in [2.24, 2.45) is 5.92 Å². The first-order valence-electron chi connectivity index (χ1n) is 5.31. The molecule has 0 saturated carbocycles. The van der Waals surface area contributed by atoms with E-state index in [0.717, 1.165) is 0 Å². The Bertz CT molecular complexity index is 646. The van der Waals surface area contributed by atoms with Crippen LogP contribution in [0, 0.1) is 17.2 Å². The van der Waals surface area contributed by atoms with E-state index in [0.29, 0.717) is 16.5 Å². The molecule has 1 aromatic heterocycles. The summed E-state index contributed by atoms with van der Waals surface area (Å²) in [5, 5.41) is 28.0. The average molecular weight is 242 g/mol. The van der Waals surface area contributed by atoms with Gasteiger partial charge in [-0.1, -0.05) is 12.1 Å². The molecule has 5 nitrogen and oxygen atoms in total. The number of aromatic nitrogens is 1. The van der Waals surface area contributed by atoms with E-state index in [1.54, 1.807) is 30.5 Å². The number of aromatic hydroxyl groups is 1. The number of rotatable bonds is 3. The summed E-state index contributed by atoms with van der Waals surface area (Å²) in [5.41, 5.74) is 1.10. The van der Waals surface area contributed by atoms with Gasteiger partial charge in [0, 0.05) is 11.6 Å². The predicted octanol–water partition coefficient (Wildman–Crippen LogP) is 1.71. The molecule has 0 aliphatic carbocycles. The Morgan fingerprint density at radius 2 is 2.22 bits per heavy atom. The zero-order valence-electron chi connectivity index (χ0n) is 9.37.